The Hall–Kier alpha value is -5.64. The van der Waals surface area contributed by atoms with Gasteiger partial charge in [-0.25, -0.2) is 19.2 Å². The minimum absolute atomic E-state index is 0.0793. The molecule has 0 aliphatic heterocycles. The summed E-state index contributed by atoms with van der Waals surface area (Å²) < 4.78 is 16.2. The number of carboxylic acid groups (broad SMARTS) is 2. The molecule has 4 rings (SSSR count). The Balaban J connectivity index is 1.38. The molecule has 0 bridgehead atoms. The molecule has 0 spiro atoms. The van der Waals surface area contributed by atoms with E-state index in [9.17, 15) is 34.5 Å². The number of phenolic OH excluding ortho intramolecular Hbond substituents is 1. The first-order chi connectivity index (χ1) is 18.2. The van der Waals surface area contributed by atoms with E-state index in [0.29, 0.717) is 11.5 Å². The second-order valence-electron chi connectivity index (χ2n) is 7.71. The topological polar surface area (TPSA) is 157 Å². The van der Waals surface area contributed by atoms with Crippen molar-refractivity contribution in [3.8, 4) is 28.7 Å². The van der Waals surface area contributed by atoms with Gasteiger partial charge in [-0.2, -0.15) is 0 Å². The first-order valence-corrected chi connectivity index (χ1v) is 10.9. The van der Waals surface area contributed by atoms with Crippen LogP contribution in [0.15, 0.2) is 91.0 Å². The Morgan fingerprint density at radius 1 is 0.500 bits per heavy atom. The summed E-state index contributed by atoms with van der Waals surface area (Å²) in [4.78, 5) is 47.5. The van der Waals surface area contributed by atoms with Crippen molar-refractivity contribution >= 4 is 23.9 Å². The Morgan fingerprint density at radius 2 is 0.921 bits per heavy atom. The van der Waals surface area contributed by atoms with Crippen LogP contribution in [-0.4, -0.2) is 39.2 Å². The first-order valence-electron chi connectivity index (χ1n) is 10.9. The summed E-state index contributed by atoms with van der Waals surface area (Å²) in [5, 5.41) is 28.1. The molecule has 4 aromatic carbocycles. The van der Waals surface area contributed by atoms with E-state index >= 15 is 0 Å². The van der Waals surface area contributed by atoms with Gasteiger partial charge in [-0.15, -0.1) is 0 Å². The third-order valence-electron chi connectivity index (χ3n) is 5.14. The summed E-state index contributed by atoms with van der Waals surface area (Å²) in [5.41, 5.74) is -0.863. The highest BCUT2D eigenvalue weighted by atomic mass is 16.5. The van der Waals surface area contributed by atoms with Crippen LogP contribution in [0.4, 0.5) is 0 Å². The maximum Gasteiger partial charge on any atom is 0.344 e. The number of esters is 2. The Kier molecular flexibility index (Phi) is 7.34. The van der Waals surface area contributed by atoms with Crippen molar-refractivity contribution in [1.29, 1.82) is 0 Å². The molecule has 0 fully saturated rings. The normalized spacial score (nSPS) is 10.3. The van der Waals surface area contributed by atoms with Gasteiger partial charge in [-0.3, -0.25) is 0 Å². The Labute approximate surface area is 214 Å². The predicted octanol–water partition coefficient (Wildman–Crippen LogP) is 5.02. The number of phenols is 1. The predicted molar refractivity (Wildman–Crippen MR) is 131 cm³/mol. The lowest BCUT2D eigenvalue weighted by Crippen LogP contribution is -2.14. The van der Waals surface area contributed by atoms with E-state index in [1.54, 1.807) is 0 Å². The van der Waals surface area contributed by atoms with Crippen LogP contribution in [0, 0.1) is 0 Å². The Morgan fingerprint density at radius 3 is 1.42 bits per heavy atom. The average molecular weight is 514 g/mol. The smallest absolute Gasteiger partial charge is 0.344 e. The number of rotatable bonds is 8. The zero-order valence-corrected chi connectivity index (χ0v) is 19.4. The number of aromatic hydroxyl groups is 1. The van der Waals surface area contributed by atoms with Crippen molar-refractivity contribution in [3.63, 3.8) is 0 Å². The first kappa shape index (κ1) is 25.5. The molecule has 0 heterocycles. The van der Waals surface area contributed by atoms with Crippen molar-refractivity contribution in [2.24, 2.45) is 0 Å². The van der Waals surface area contributed by atoms with Gasteiger partial charge in [0.25, 0.3) is 0 Å². The summed E-state index contributed by atoms with van der Waals surface area (Å²) in [6, 6.07) is 20.9. The second kappa shape index (κ2) is 11.0. The second-order valence-corrected chi connectivity index (χ2v) is 7.71. The van der Waals surface area contributed by atoms with Crippen LogP contribution in [0.1, 0.15) is 41.4 Å². The van der Waals surface area contributed by atoms with Crippen molar-refractivity contribution < 1.29 is 48.7 Å². The zero-order valence-electron chi connectivity index (χ0n) is 19.4. The molecule has 10 heteroatoms. The molecular formula is C28H18O10. The number of hydrogen-bond donors (Lipinski definition) is 3. The van der Waals surface area contributed by atoms with Gasteiger partial charge >= 0.3 is 23.9 Å². The van der Waals surface area contributed by atoms with Crippen LogP contribution < -0.4 is 14.2 Å². The number of carboxylic acids is 2. The van der Waals surface area contributed by atoms with E-state index in [2.05, 4.69) is 0 Å². The molecule has 0 unspecified atom stereocenters. The van der Waals surface area contributed by atoms with E-state index in [1.807, 2.05) is 0 Å². The van der Waals surface area contributed by atoms with E-state index in [4.69, 9.17) is 14.2 Å². The fourth-order valence-corrected chi connectivity index (χ4v) is 3.35. The molecule has 0 saturated heterocycles. The number of ether oxygens (including phenoxy) is 3. The molecule has 3 N–H and O–H groups in total. The van der Waals surface area contributed by atoms with E-state index in [-0.39, 0.29) is 39.5 Å². The third kappa shape index (κ3) is 5.94. The largest absolute Gasteiger partial charge is 0.508 e. The van der Waals surface area contributed by atoms with Gasteiger partial charge in [0.05, 0.1) is 22.3 Å². The fraction of sp³-hybridized carbons (Fsp3) is 0. The summed E-state index contributed by atoms with van der Waals surface area (Å²) >= 11 is 0. The van der Waals surface area contributed by atoms with Crippen LogP contribution in [0.25, 0.3) is 0 Å². The minimum atomic E-state index is -1.34. The summed E-state index contributed by atoms with van der Waals surface area (Å²) in [6.07, 6.45) is 0. The molecule has 0 amide bonds. The highest BCUT2D eigenvalue weighted by Gasteiger charge is 2.20. The number of benzene rings is 4. The van der Waals surface area contributed by atoms with E-state index in [0.717, 1.165) is 18.2 Å². The third-order valence-corrected chi connectivity index (χ3v) is 5.14. The molecule has 4 aromatic rings. The van der Waals surface area contributed by atoms with Crippen LogP contribution in [0.3, 0.4) is 0 Å². The van der Waals surface area contributed by atoms with Crippen molar-refractivity contribution in [3.05, 3.63) is 113 Å². The summed E-state index contributed by atoms with van der Waals surface area (Å²) in [6.45, 7) is 0. The fourth-order valence-electron chi connectivity index (χ4n) is 3.35. The highest BCUT2D eigenvalue weighted by molar-refractivity contribution is 6.04. The lowest BCUT2D eigenvalue weighted by Gasteiger charge is -2.10. The SMILES string of the molecule is O=C(O)c1ccccc1C(=O)Oc1ccc(Oc2ccc(OC(=O)c3cc(O)ccc3C(=O)O)cc2)cc1. The standard InChI is InChI=1S/C28H18O10/c29-16-5-14-22(26(32)33)24(15-16)28(35)38-20-12-8-18(9-13-20)36-17-6-10-19(11-7-17)37-27(34)23-4-2-1-3-21(23)25(30)31/h1-15,29H,(H,30,31)(H,32,33). The number of carbonyl (C=O) groups excluding carboxylic acids is 2. The average Bonchev–Trinajstić information content (AvgIpc) is 2.90. The maximum atomic E-state index is 12.4. The summed E-state index contributed by atoms with van der Waals surface area (Å²) in [7, 11) is 0. The van der Waals surface area contributed by atoms with Gasteiger partial charge in [0.2, 0.25) is 0 Å². The van der Waals surface area contributed by atoms with Gasteiger partial charge in [-0.1, -0.05) is 12.1 Å². The molecule has 190 valence electrons. The molecular weight excluding hydrogens is 496 g/mol. The molecule has 0 radical (unpaired) electrons. The molecule has 0 atom stereocenters. The molecule has 0 saturated carbocycles. The number of aromatic carboxylic acids is 2. The monoisotopic (exact) mass is 514 g/mol. The molecule has 0 aliphatic carbocycles. The number of carbonyl (C=O) groups is 4. The van der Waals surface area contributed by atoms with Gasteiger partial charge in [0.15, 0.2) is 0 Å². The van der Waals surface area contributed by atoms with Crippen molar-refractivity contribution in [2.45, 2.75) is 0 Å². The zero-order chi connectivity index (χ0) is 27.2. The van der Waals surface area contributed by atoms with E-state index in [1.165, 1.54) is 72.8 Å². The van der Waals surface area contributed by atoms with Crippen molar-refractivity contribution in [2.75, 3.05) is 0 Å². The molecule has 38 heavy (non-hydrogen) atoms. The van der Waals surface area contributed by atoms with Gasteiger partial charge in [-0.05, 0) is 78.9 Å². The Bertz CT molecular complexity index is 1520. The highest BCUT2D eigenvalue weighted by Crippen LogP contribution is 2.27. The summed E-state index contributed by atoms with van der Waals surface area (Å²) in [5.74, 6) is -3.57. The van der Waals surface area contributed by atoms with Crippen molar-refractivity contribution in [1.82, 2.24) is 0 Å². The lowest BCUT2D eigenvalue weighted by molar-refractivity contribution is 0.0666. The van der Waals surface area contributed by atoms with Crippen LogP contribution >= 0.6 is 0 Å². The molecule has 0 aliphatic rings. The van der Waals surface area contributed by atoms with E-state index < -0.39 is 23.9 Å². The maximum absolute atomic E-state index is 12.4. The van der Waals surface area contributed by atoms with Gasteiger partial charge in [0.1, 0.15) is 28.7 Å². The quantitative estimate of drug-likeness (QED) is 0.215. The van der Waals surface area contributed by atoms with Gasteiger partial charge in [0, 0.05) is 0 Å². The van der Waals surface area contributed by atoms with Crippen LogP contribution in [0.2, 0.25) is 0 Å². The molecule has 0 aromatic heterocycles. The minimum Gasteiger partial charge on any atom is -0.508 e. The van der Waals surface area contributed by atoms with Gasteiger partial charge < -0.3 is 29.5 Å². The van der Waals surface area contributed by atoms with Crippen LogP contribution in [-0.2, 0) is 0 Å². The lowest BCUT2D eigenvalue weighted by atomic mass is 10.1. The van der Waals surface area contributed by atoms with Crippen LogP contribution in [0.5, 0.6) is 28.7 Å². The number of hydrogen-bond acceptors (Lipinski definition) is 8. The molecule has 10 nitrogen and oxygen atoms in total.